The van der Waals surface area contributed by atoms with Crippen LogP contribution in [0.15, 0.2) is 30.3 Å². The molecule has 29 heavy (non-hydrogen) atoms. The maximum absolute atomic E-state index is 13.8. The van der Waals surface area contributed by atoms with Crippen LogP contribution in [0.2, 0.25) is 0 Å². The van der Waals surface area contributed by atoms with Crippen molar-refractivity contribution in [1.82, 2.24) is 14.6 Å². The van der Waals surface area contributed by atoms with Gasteiger partial charge in [-0.1, -0.05) is 12.1 Å². The second-order valence-corrected chi connectivity index (χ2v) is 8.23. The Balaban J connectivity index is 1.69. The maximum atomic E-state index is 13.8. The Kier molecular flexibility index (Phi) is 4.96. The summed E-state index contributed by atoms with van der Waals surface area (Å²) in [6, 6.07) is 8.88. The quantitative estimate of drug-likeness (QED) is 0.722. The topological polar surface area (TPSA) is 53.7 Å². The van der Waals surface area contributed by atoms with Gasteiger partial charge in [0.05, 0.1) is 5.69 Å². The fourth-order valence-electron chi connectivity index (χ4n) is 4.94. The first kappa shape index (κ1) is 18.6. The van der Waals surface area contributed by atoms with Gasteiger partial charge in [0.25, 0.3) is 0 Å². The minimum Gasteiger partial charge on any atom is -0.396 e. The number of halogens is 1. The second-order valence-electron chi connectivity index (χ2n) is 8.23. The third kappa shape index (κ3) is 3.39. The monoisotopic (exact) mass is 394 g/mol. The van der Waals surface area contributed by atoms with Gasteiger partial charge in [0, 0.05) is 42.1 Å². The molecule has 2 aromatic heterocycles. The summed E-state index contributed by atoms with van der Waals surface area (Å²) >= 11 is 0. The summed E-state index contributed by atoms with van der Waals surface area (Å²) in [5, 5.41) is 14.5. The van der Waals surface area contributed by atoms with Gasteiger partial charge in [-0.3, -0.25) is 0 Å². The molecule has 152 valence electrons. The molecule has 1 fully saturated rings. The van der Waals surface area contributed by atoms with Crippen molar-refractivity contribution in [3.8, 4) is 11.3 Å². The van der Waals surface area contributed by atoms with Gasteiger partial charge in [-0.2, -0.15) is 9.61 Å². The van der Waals surface area contributed by atoms with Crippen molar-refractivity contribution in [2.45, 2.75) is 57.4 Å². The lowest BCUT2D eigenvalue weighted by Crippen LogP contribution is -2.42. The molecule has 3 aromatic rings. The van der Waals surface area contributed by atoms with Crippen LogP contribution in [0, 0.1) is 5.82 Å². The average Bonchev–Trinajstić information content (AvgIpc) is 3.16. The summed E-state index contributed by atoms with van der Waals surface area (Å²) < 4.78 is 15.8. The van der Waals surface area contributed by atoms with E-state index in [2.05, 4.69) is 4.90 Å². The predicted molar refractivity (Wildman–Crippen MR) is 112 cm³/mol. The average molecular weight is 394 g/mol. The molecule has 0 radical (unpaired) electrons. The molecule has 5 nitrogen and oxygen atoms in total. The molecule has 5 rings (SSSR count). The molecule has 1 aliphatic heterocycles. The van der Waals surface area contributed by atoms with Crippen LogP contribution in [0.3, 0.4) is 0 Å². The zero-order valence-corrected chi connectivity index (χ0v) is 16.6. The molecular weight excluding hydrogens is 367 g/mol. The van der Waals surface area contributed by atoms with Gasteiger partial charge in [0.2, 0.25) is 0 Å². The molecule has 0 bridgehead atoms. The Morgan fingerprint density at radius 3 is 2.86 bits per heavy atom. The SMILES string of the molecule is OCC[C@H]1CCCCN1c1c2c(nc3cc(-c4cccc(F)c4)nn13)CCCC2. The molecule has 3 heterocycles. The van der Waals surface area contributed by atoms with Gasteiger partial charge in [-0.05, 0) is 63.5 Å². The van der Waals surface area contributed by atoms with Gasteiger partial charge in [0.1, 0.15) is 11.6 Å². The number of aryl methyl sites for hydroxylation is 1. The zero-order chi connectivity index (χ0) is 19.8. The van der Waals surface area contributed by atoms with E-state index in [4.69, 9.17) is 10.1 Å². The van der Waals surface area contributed by atoms with Crippen molar-refractivity contribution < 1.29 is 9.50 Å². The lowest BCUT2D eigenvalue weighted by Gasteiger charge is -2.39. The van der Waals surface area contributed by atoms with Gasteiger partial charge in [-0.15, -0.1) is 0 Å². The second kappa shape index (κ2) is 7.75. The maximum Gasteiger partial charge on any atom is 0.158 e. The molecule has 0 spiro atoms. The Morgan fingerprint density at radius 1 is 1.10 bits per heavy atom. The summed E-state index contributed by atoms with van der Waals surface area (Å²) in [6.45, 7) is 1.18. The predicted octanol–water partition coefficient (Wildman–Crippen LogP) is 4.16. The molecule has 1 atom stereocenters. The van der Waals surface area contributed by atoms with Crippen molar-refractivity contribution in [3.05, 3.63) is 47.4 Å². The Morgan fingerprint density at radius 2 is 2.00 bits per heavy atom. The van der Waals surface area contributed by atoms with E-state index in [9.17, 15) is 9.50 Å². The highest BCUT2D eigenvalue weighted by Crippen LogP contribution is 2.35. The molecule has 0 amide bonds. The molecule has 1 saturated heterocycles. The Labute approximate surface area is 170 Å². The van der Waals surface area contributed by atoms with Gasteiger partial charge < -0.3 is 10.0 Å². The van der Waals surface area contributed by atoms with Gasteiger partial charge >= 0.3 is 0 Å². The molecule has 2 aliphatic rings. The van der Waals surface area contributed by atoms with Gasteiger partial charge in [0.15, 0.2) is 5.65 Å². The first-order valence-electron chi connectivity index (χ1n) is 10.8. The lowest BCUT2D eigenvalue weighted by atomic mass is 9.93. The minimum absolute atomic E-state index is 0.200. The fourth-order valence-corrected chi connectivity index (χ4v) is 4.94. The van der Waals surface area contributed by atoms with Crippen LogP contribution in [0.1, 0.15) is 49.8 Å². The number of anilines is 1. The molecule has 1 N–H and O–H groups in total. The van der Waals surface area contributed by atoms with Crippen LogP contribution in [-0.4, -0.2) is 38.9 Å². The highest BCUT2D eigenvalue weighted by molar-refractivity contribution is 5.67. The summed E-state index contributed by atoms with van der Waals surface area (Å²) in [6.07, 6.45) is 8.57. The van der Waals surface area contributed by atoms with Crippen molar-refractivity contribution in [2.75, 3.05) is 18.1 Å². The van der Waals surface area contributed by atoms with Crippen LogP contribution in [0.4, 0.5) is 10.2 Å². The van der Waals surface area contributed by atoms with E-state index in [-0.39, 0.29) is 12.4 Å². The van der Waals surface area contributed by atoms with Crippen molar-refractivity contribution >= 4 is 11.5 Å². The van der Waals surface area contributed by atoms with E-state index in [0.717, 1.165) is 61.4 Å². The zero-order valence-electron chi connectivity index (χ0n) is 16.6. The van der Waals surface area contributed by atoms with E-state index in [1.807, 2.05) is 16.6 Å². The number of nitrogens with zero attached hydrogens (tertiary/aromatic N) is 4. The fraction of sp³-hybridized carbons (Fsp3) is 0.478. The van der Waals surface area contributed by atoms with E-state index >= 15 is 0 Å². The van der Waals surface area contributed by atoms with Crippen LogP contribution in [0.25, 0.3) is 16.9 Å². The van der Waals surface area contributed by atoms with Crippen molar-refractivity contribution in [2.24, 2.45) is 0 Å². The van der Waals surface area contributed by atoms with Gasteiger partial charge in [-0.25, -0.2) is 9.37 Å². The summed E-state index contributed by atoms with van der Waals surface area (Å²) in [5.41, 5.74) is 4.83. The van der Waals surface area contributed by atoms with Crippen molar-refractivity contribution in [1.29, 1.82) is 0 Å². The number of aromatic nitrogens is 3. The molecule has 1 aliphatic carbocycles. The molecule has 0 saturated carbocycles. The summed E-state index contributed by atoms with van der Waals surface area (Å²) in [5.74, 6) is 0.886. The number of piperidine rings is 1. The Bertz CT molecular complexity index is 1030. The number of aliphatic hydroxyl groups is 1. The minimum atomic E-state index is -0.258. The van der Waals surface area contributed by atoms with E-state index in [1.165, 1.54) is 42.7 Å². The lowest BCUT2D eigenvalue weighted by molar-refractivity contribution is 0.261. The summed E-state index contributed by atoms with van der Waals surface area (Å²) in [7, 11) is 0. The number of rotatable bonds is 4. The van der Waals surface area contributed by atoms with Crippen molar-refractivity contribution in [3.63, 3.8) is 0 Å². The first-order chi connectivity index (χ1) is 14.2. The van der Waals surface area contributed by atoms with E-state index in [0.29, 0.717) is 6.04 Å². The number of fused-ring (bicyclic) bond motifs is 2. The smallest absolute Gasteiger partial charge is 0.158 e. The van der Waals surface area contributed by atoms with E-state index in [1.54, 1.807) is 6.07 Å². The third-order valence-electron chi connectivity index (χ3n) is 6.33. The highest BCUT2D eigenvalue weighted by atomic mass is 19.1. The highest BCUT2D eigenvalue weighted by Gasteiger charge is 2.29. The van der Waals surface area contributed by atoms with Crippen LogP contribution in [0.5, 0.6) is 0 Å². The molecule has 6 heteroatoms. The number of hydrogen-bond donors (Lipinski definition) is 1. The van der Waals surface area contributed by atoms with Crippen LogP contribution >= 0.6 is 0 Å². The van der Waals surface area contributed by atoms with E-state index < -0.39 is 0 Å². The number of benzene rings is 1. The third-order valence-corrected chi connectivity index (χ3v) is 6.33. The van der Waals surface area contributed by atoms with Crippen LogP contribution < -0.4 is 4.90 Å². The largest absolute Gasteiger partial charge is 0.396 e. The number of hydrogen-bond acceptors (Lipinski definition) is 4. The first-order valence-corrected chi connectivity index (χ1v) is 10.8. The molecule has 0 unspecified atom stereocenters. The Hall–Kier alpha value is -2.47. The standard InChI is InChI=1S/C23H27FN4O/c24-17-7-5-6-16(14-17)21-15-22-25-20-10-2-1-9-19(20)23(28(22)26-21)27-12-4-3-8-18(27)11-13-29/h5-7,14-15,18,29H,1-4,8-13H2/t18-/m1/s1. The molecular formula is C23H27FN4O. The summed E-state index contributed by atoms with van der Waals surface area (Å²) in [4.78, 5) is 7.40. The number of aliphatic hydroxyl groups excluding tert-OH is 1. The van der Waals surface area contributed by atoms with Crippen LogP contribution in [-0.2, 0) is 12.8 Å². The molecule has 1 aromatic carbocycles. The normalized spacial score (nSPS) is 19.5.